The molecule has 0 fully saturated rings. The Hall–Kier alpha value is -0.570. The summed E-state index contributed by atoms with van der Waals surface area (Å²) in [4.78, 5) is 14.2. The smallest absolute Gasteiger partial charge is 0.219 e. The number of hydrogen-bond donors (Lipinski definition) is 1. The molecule has 0 saturated carbocycles. The van der Waals surface area contributed by atoms with E-state index in [-0.39, 0.29) is 5.91 Å². The van der Waals surface area contributed by atoms with Gasteiger partial charge in [0.1, 0.15) is 0 Å². The lowest BCUT2D eigenvalue weighted by Gasteiger charge is -2.14. The Balaban J connectivity index is 3.17. The number of carbonyl (C=O) groups excluding carboxylic acids is 1. The number of amides is 1. The largest absolute Gasteiger partial charge is 0.356 e. The minimum absolute atomic E-state index is 0.251. The van der Waals surface area contributed by atoms with Crippen LogP contribution in [0.15, 0.2) is 0 Å². The standard InChI is InChI=1S/C26H54N2O/c1-4-6-7-8-9-10-11-12-13-14-15-16-17-18-19-22-26(29)27-23-20-21-25-28(3)24-5-2/h4-25H2,1-3H3,(H,27,29). The molecule has 0 aromatic carbocycles. The highest BCUT2D eigenvalue weighted by Crippen LogP contribution is 2.13. The minimum Gasteiger partial charge on any atom is -0.356 e. The van der Waals surface area contributed by atoms with E-state index in [9.17, 15) is 4.79 Å². The fourth-order valence-electron chi connectivity index (χ4n) is 3.97. The van der Waals surface area contributed by atoms with E-state index in [1.165, 1.54) is 109 Å². The van der Waals surface area contributed by atoms with Crippen LogP contribution in [-0.2, 0) is 4.79 Å². The molecule has 0 radical (unpaired) electrons. The van der Waals surface area contributed by atoms with Crippen LogP contribution in [0.3, 0.4) is 0 Å². The van der Waals surface area contributed by atoms with Gasteiger partial charge in [0, 0.05) is 13.0 Å². The van der Waals surface area contributed by atoms with Gasteiger partial charge in [-0.05, 0) is 45.8 Å². The zero-order valence-electron chi connectivity index (χ0n) is 20.4. The second kappa shape index (κ2) is 23.7. The lowest BCUT2D eigenvalue weighted by molar-refractivity contribution is -0.121. The third kappa shape index (κ3) is 23.6. The van der Waals surface area contributed by atoms with Gasteiger partial charge in [-0.1, -0.05) is 104 Å². The van der Waals surface area contributed by atoms with Crippen molar-refractivity contribution in [2.24, 2.45) is 0 Å². The third-order valence-electron chi connectivity index (χ3n) is 5.90. The van der Waals surface area contributed by atoms with E-state index in [0.717, 1.165) is 25.9 Å². The summed E-state index contributed by atoms with van der Waals surface area (Å²) in [6.45, 7) is 7.66. The quantitative estimate of drug-likeness (QED) is 0.177. The molecule has 3 heteroatoms. The molecule has 0 rings (SSSR count). The van der Waals surface area contributed by atoms with Gasteiger partial charge in [-0.3, -0.25) is 4.79 Å². The summed E-state index contributed by atoms with van der Waals surface area (Å²) in [5.41, 5.74) is 0. The Morgan fingerprint density at radius 1 is 0.586 bits per heavy atom. The van der Waals surface area contributed by atoms with Crippen LogP contribution in [-0.4, -0.2) is 37.5 Å². The number of carbonyl (C=O) groups is 1. The highest BCUT2D eigenvalue weighted by Gasteiger charge is 2.01. The van der Waals surface area contributed by atoms with E-state index in [0.29, 0.717) is 6.42 Å². The molecule has 0 aliphatic heterocycles. The van der Waals surface area contributed by atoms with Gasteiger partial charge in [-0.15, -0.1) is 0 Å². The second-order valence-electron chi connectivity index (χ2n) is 9.06. The van der Waals surface area contributed by atoms with Crippen LogP contribution >= 0.6 is 0 Å². The number of nitrogens with one attached hydrogen (secondary N) is 1. The van der Waals surface area contributed by atoms with Gasteiger partial charge in [0.25, 0.3) is 0 Å². The predicted molar refractivity (Wildman–Crippen MR) is 130 cm³/mol. The summed E-state index contributed by atoms with van der Waals surface area (Å²) in [7, 11) is 2.18. The van der Waals surface area contributed by atoms with Gasteiger partial charge in [-0.25, -0.2) is 0 Å². The molecule has 0 unspecified atom stereocenters. The molecule has 174 valence electrons. The van der Waals surface area contributed by atoms with Crippen LogP contribution in [0, 0.1) is 0 Å². The molecule has 1 N–H and O–H groups in total. The number of nitrogens with zero attached hydrogens (tertiary/aromatic N) is 1. The van der Waals surface area contributed by atoms with Crippen molar-refractivity contribution in [2.45, 2.75) is 136 Å². The maximum absolute atomic E-state index is 11.9. The first kappa shape index (κ1) is 28.4. The first-order valence-corrected chi connectivity index (χ1v) is 13.2. The monoisotopic (exact) mass is 410 g/mol. The van der Waals surface area contributed by atoms with Crippen molar-refractivity contribution in [1.29, 1.82) is 0 Å². The third-order valence-corrected chi connectivity index (χ3v) is 5.90. The van der Waals surface area contributed by atoms with Crippen molar-refractivity contribution in [1.82, 2.24) is 10.2 Å². The summed E-state index contributed by atoms with van der Waals surface area (Å²) in [5.74, 6) is 0.251. The molecule has 0 aromatic heterocycles. The fraction of sp³-hybridized carbons (Fsp3) is 0.962. The maximum Gasteiger partial charge on any atom is 0.219 e. The Morgan fingerprint density at radius 3 is 1.55 bits per heavy atom. The van der Waals surface area contributed by atoms with Crippen LogP contribution < -0.4 is 5.32 Å². The first-order valence-electron chi connectivity index (χ1n) is 13.2. The van der Waals surface area contributed by atoms with E-state index in [1.807, 2.05) is 0 Å². The molecule has 29 heavy (non-hydrogen) atoms. The van der Waals surface area contributed by atoms with Crippen LogP contribution in [0.5, 0.6) is 0 Å². The molecule has 0 bridgehead atoms. The zero-order valence-corrected chi connectivity index (χ0v) is 20.4. The SMILES string of the molecule is CCCCCCCCCCCCCCCCCC(=O)NCCCCN(C)CCC. The van der Waals surface area contributed by atoms with Gasteiger partial charge in [0.05, 0.1) is 0 Å². The van der Waals surface area contributed by atoms with E-state index >= 15 is 0 Å². The highest BCUT2D eigenvalue weighted by atomic mass is 16.1. The van der Waals surface area contributed by atoms with E-state index in [4.69, 9.17) is 0 Å². The van der Waals surface area contributed by atoms with Crippen molar-refractivity contribution in [2.75, 3.05) is 26.7 Å². The maximum atomic E-state index is 11.9. The number of unbranched alkanes of at least 4 members (excludes halogenated alkanes) is 15. The average Bonchev–Trinajstić information content (AvgIpc) is 2.71. The molecule has 3 nitrogen and oxygen atoms in total. The van der Waals surface area contributed by atoms with Crippen molar-refractivity contribution in [3.8, 4) is 0 Å². The molecule has 0 aliphatic rings. The van der Waals surface area contributed by atoms with Gasteiger partial charge in [-0.2, -0.15) is 0 Å². The Morgan fingerprint density at radius 2 is 1.07 bits per heavy atom. The Bertz CT molecular complexity index is 333. The predicted octanol–water partition coefficient (Wildman–Crippen LogP) is 7.49. The molecule has 0 atom stereocenters. The molecule has 0 spiro atoms. The van der Waals surface area contributed by atoms with Gasteiger partial charge in [0.15, 0.2) is 0 Å². The van der Waals surface area contributed by atoms with Gasteiger partial charge >= 0.3 is 0 Å². The number of hydrogen-bond acceptors (Lipinski definition) is 2. The highest BCUT2D eigenvalue weighted by molar-refractivity contribution is 5.75. The van der Waals surface area contributed by atoms with Crippen molar-refractivity contribution in [3.63, 3.8) is 0 Å². The van der Waals surface area contributed by atoms with Crippen LogP contribution in [0.4, 0.5) is 0 Å². The molecular weight excluding hydrogens is 356 g/mol. The normalized spacial score (nSPS) is 11.3. The van der Waals surface area contributed by atoms with Crippen molar-refractivity contribution >= 4 is 5.91 Å². The molecule has 0 saturated heterocycles. The van der Waals surface area contributed by atoms with E-state index in [1.54, 1.807) is 0 Å². The topological polar surface area (TPSA) is 32.3 Å². The molecule has 0 aromatic rings. The minimum atomic E-state index is 0.251. The molecule has 0 aliphatic carbocycles. The summed E-state index contributed by atoms with van der Waals surface area (Å²) in [5, 5.41) is 3.08. The lowest BCUT2D eigenvalue weighted by atomic mass is 10.0. The second-order valence-corrected chi connectivity index (χ2v) is 9.06. The fourth-order valence-corrected chi connectivity index (χ4v) is 3.97. The summed E-state index contributed by atoms with van der Waals surface area (Å²) in [6, 6.07) is 0. The molecular formula is C26H54N2O. The lowest BCUT2D eigenvalue weighted by Crippen LogP contribution is -2.25. The van der Waals surface area contributed by atoms with Crippen LogP contribution in [0.1, 0.15) is 136 Å². The average molecular weight is 411 g/mol. The van der Waals surface area contributed by atoms with E-state index in [2.05, 4.69) is 31.1 Å². The summed E-state index contributed by atoms with van der Waals surface area (Å²) in [6.07, 6.45) is 24.8. The summed E-state index contributed by atoms with van der Waals surface area (Å²) >= 11 is 0. The van der Waals surface area contributed by atoms with Crippen molar-refractivity contribution in [3.05, 3.63) is 0 Å². The Labute approximate surface area is 183 Å². The van der Waals surface area contributed by atoms with Crippen LogP contribution in [0.25, 0.3) is 0 Å². The molecule has 0 heterocycles. The Kier molecular flexibility index (Phi) is 23.2. The van der Waals surface area contributed by atoms with Gasteiger partial charge in [0.2, 0.25) is 5.91 Å². The number of rotatable bonds is 23. The van der Waals surface area contributed by atoms with Crippen molar-refractivity contribution < 1.29 is 4.79 Å². The zero-order chi connectivity index (χ0) is 21.4. The van der Waals surface area contributed by atoms with Gasteiger partial charge < -0.3 is 10.2 Å². The summed E-state index contributed by atoms with van der Waals surface area (Å²) < 4.78 is 0. The van der Waals surface area contributed by atoms with E-state index < -0.39 is 0 Å². The molecule has 1 amide bonds. The van der Waals surface area contributed by atoms with Crippen LogP contribution in [0.2, 0.25) is 0 Å². The first-order chi connectivity index (χ1) is 14.2.